The predicted molar refractivity (Wildman–Crippen MR) is 70.2 cm³/mol. The standard InChI is InChI=1S/C10H18N6OS/c1-15-9(11)13-14-10(15)18-7-2-8(17)16-5-3-12-4-6-16/h12H,2-7H2,1H3,(H2,11,13). The Kier molecular flexibility index (Phi) is 4.43. The number of carbonyl (C=O) groups excluding carboxylic acids is 1. The molecule has 0 saturated carbocycles. The van der Waals surface area contributed by atoms with Crippen molar-refractivity contribution < 1.29 is 4.79 Å². The molecule has 8 heteroatoms. The fraction of sp³-hybridized carbons (Fsp3) is 0.700. The molecule has 1 aliphatic heterocycles. The molecule has 1 aliphatic rings. The molecular weight excluding hydrogens is 252 g/mol. The Morgan fingerprint density at radius 1 is 1.44 bits per heavy atom. The summed E-state index contributed by atoms with van der Waals surface area (Å²) < 4.78 is 1.72. The molecule has 18 heavy (non-hydrogen) atoms. The summed E-state index contributed by atoms with van der Waals surface area (Å²) >= 11 is 1.51. The Labute approximate surface area is 110 Å². The number of hydrogen-bond acceptors (Lipinski definition) is 6. The lowest BCUT2D eigenvalue weighted by molar-refractivity contribution is -0.131. The van der Waals surface area contributed by atoms with Gasteiger partial charge in [-0.25, -0.2) is 0 Å². The number of carbonyl (C=O) groups is 1. The van der Waals surface area contributed by atoms with Gasteiger partial charge in [0.2, 0.25) is 11.9 Å². The monoisotopic (exact) mass is 270 g/mol. The summed E-state index contributed by atoms with van der Waals surface area (Å²) in [6, 6.07) is 0. The fourth-order valence-corrected chi connectivity index (χ4v) is 2.60. The van der Waals surface area contributed by atoms with Crippen LogP contribution in [0.25, 0.3) is 0 Å². The van der Waals surface area contributed by atoms with E-state index in [1.54, 1.807) is 4.57 Å². The van der Waals surface area contributed by atoms with Gasteiger partial charge in [0.05, 0.1) is 0 Å². The van der Waals surface area contributed by atoms with E-state index in [0.29, 0.717) is 18.1 Å². The van der Waals surface area contributed by atoms with Crippen molar-refractivity contribution in [3.05, 3.63) is 0 Å². The molecule has 0 aromatic carbocycles. The first kappa shape index (κ1) is 13.2. The maximum atomic E-state index is 11.9. The molecule has 1 saturated heterocycles. The minimum atomic E-state index is 0.208. The van der Waals surface area contributed by atoms with Crippen LogP contribution in [-0.4, -0.2) is 57.5 Å². The average molecular weight is 270 g/mol. The topological polar surface area (TPSA) is 89.1 Å². The molecular formula is C10H18N6OS. The summed E-state index contributed by atoms with van der Waals surface area (Å²) in [6.45, 7) is 3.39. The van der Waals surface area contributed by atoms with E-state index in [1.807, 2.05) is 11.9 Å². The number of nitrogens with two attached hydrogens (primary N) is 1. The number of anilines is 1. The number of hydrogen-bond donors (Lipinski definition) is 2. The van der Waals surface area contributed by atoms with Gasteiger partial charge in [0.15, 0.2) is 5.16 Å². The number of piperazine rings is 1. The van der Waals surface area contributed by atoms with E-state index in [9.17, 15) is 4.79 Å². The summed E-state index contributed by atoms with van der Waals surface area (Å²) in [6.07, 6.45) is 0.525. The molecule has 1 fully saturated rings. The second kappa shape index (κ2) is 6.05. The Bertz CT molecular complexity index is 415. The van der Waals surface area contributed by atoms with Crippen molar-refractivity contribution >= 4 is 23.6 Å². The van der Waals surface area contributed by atoms with Crippen LogP contribution < -0.4 is 11.1 Å². The minimum absolute atomic E-state index is 0.208. The summed E-state index contributed by atoms with van der Waals surface area (Å²) in [4.78, 5) is 13.8. The van der Waals surface area contributed by atoms with E-state index < -0.39 is 0 Å². The Morgan fingerprint density at radius 2 is 2.17 bits per heavy atom. The van der Waals surface area contributed by atoms with Gasteiger partial charge in [-0.1, -0.05) is 11.8 Å². The molecule has 0 unspecified atom stereocenters. The van der Waals surface area contributed by atoms with Crippen molar-refractivity contribution in [3.8, 4) is 0 Å². The quantitative estimate of drug-likeness (QED) is 0.704. The van der Waals surface area contributed by atoms with Crippen LogP contribution in [0.1, 0.15) is 6.42 Å². The summed E-state index contributed by atoms with van der Waals surface area (Å²) in [5, 5.41) is 11.7. The molecule has 0 bridgehead atoms. The molecule has 3 N–H and O–H groups in total. The van der Waals surface area contributed by atoms with E-state index >= 15 is 0 Å². The van der Waals surface area contributed by atoms with E-state index in [2.05, 4.69) is 15.5 Å². The highest BCUT2D eigenvalue weighted by Crippen LogP contribution is 2.17. The van der Waals surface area contributed by atoms with Crippen molar-refractivity contribution in [2.75, 3.05) is 37.7 Å². The van der Waals surface area contributed by atoms with Crippen LogP contribution >= 0.6 is 11.8 Å². The summed E-state index contributed by atoms with van der Waals surface area (Å²) in [7, 11) is 1.82. The molecule has 100 valence electrons. The first-order chi connectivity index (χ1) is 8.68. The SMILES string of the molecule is Cn1c(N)nnc1SCCC(=O)N1CCNCC1. The second-order valence-corrected chi connectivity index (χ2v) is 5.19. The molecule has 1 aromatic rings. The number of aromatic nitrogens is 3. The zero-order chi connectivity index (χ0) is 13.0. The summed E-state index contributed by atoms with van der Waals surface area (Å²) in [5.74, 6) is 1.31. The average Bonchev–Trinajstić information content (AvgIpc) is 2.71. The third-order valence-electron chi connectivity index (χ3n) is 2.89. The molecule has 1 amide bonds. The maximum Gasteiger partial charge on any atom is 0.223 e. The van der Waals surface area contributed by atoms with Gasteiger partial charge in [0, 0.05) is 45.4 Å². The third-order valence-corrected chi connectivity index (χ3v) is 3.91. The van der Waals surface area contributed by atoms with E-state index in [1.165, 1.54) is 11.8 Å². The zero-order valence-corrected chi connectivity index (χ0v) is 11.2. The number of nitrogen functional groups attached to an aromatic ring is 1. The lowest BCUT2D eigenvalue weighted by atomic mass is 10.3. The number of nitrogens with zero attached hydrogens (tertiary/aromatic N) is 4. The van der Waals surface area contributed by atoms with E-state index in [0.717, 1.165) is 31.3 Å². The lowest BCUT2D eigenvalue weighted by Gasteiger charge is -2.27. The van der Waals surface area contributed by atoms with Crippen LogP contribution in [0.15, 0.2) is 5.16 Å². The highest BCUT2D eigenvalue weighted by molar-refractivity contribution is 7.99. The first-order valence-electron chi connectivity index (χ1n) is 5.94. The molecule has 2 rings (SSSR count). The second-order valence-electron chi connectivity index (χ2n) is 4.13. The van der Waals surface area contributed by atoms with Gasteiger partial charge >= 0.3 is 0 Å². The largest absolute Gasteiger partial charge is 0.368 e. The van der Waals surface area contributed by atoms with Crippen LogP contribution in [-0.2, 0) is 11.8 Å². The number of amides is 1. The first-order valence-corrected chi connectivity index (χ1v) is 6.93. The molecule has 0 atom stereocenters. The highest BCUT2D eigenvalue weighted by Gasteiger charge is 2.16. The number of nitrogens with one attached hydrogen (secondary N) is 1. The zero-order valence-electron chi connectivity index (χ0n) is 10.4. The fourth-order valence-electron chi connectivity index (χ4n) is 1.75. The maximum absolute atomic E-state index is 11.9. The van der Waals surface area contributed by atoms with Crippen molar-refractivity contribution in [2.24, 2.45) is 7.05 Å². The van der Waals surface area contributed by atoms with Crippen LogP contribution in [0.5, 0.6) is 0 Å². The molecule has 7 nitrogen and oxygen atoms in total. The van der Waals surface area contributed by atoms with Gasteiger partial charge in [-0.05, 0) is 0 Å². The van der Waals surface area contributed by atoms with Crippen molar-refractivity contribution in [2.45, 2.75) is 11.6 Å². The molecule has 0 radical (unpaired) electrons. The van der Waals surface area contributed by atoms with E-state index in [4.69, 9.17) is 5.73 Å². The smallest absolute Gasteiger partial charge is 0.223 e. The van der Waals surface area contributed by atoms with Crippen LogP contribution in [0.3, 0.4) is 0 Å². The third kappa shape index (κ3) is 3.14. The van der Waals surface area contributed by atoms with Crippen LogP contribution in [0.4, 0.5) is 5.95 Å². The number of thioether (sulfide) groups is 1. The van der Waals surface area contributed by atoms with Gasteiger partial charge in [0.1, 0.15) is 0 Å². The highest BCUT2D eigenvalue weighted by atomic mass is 32.2. The van der Waals surface area contributed by atoms with Crippen LogP contribution in [0, 0.1) is 0 Å². The van der Waals surface area contributed by atoms with Gasteiger partial charge < -0.3 is 16.0 Å². The summed E-state index contributed by atoms with van der Waals surface area (Å²) in [5.41, 5.74) is 5.58. The predicted octanol–water partition coefficient (Wildman–Crippen LogP) is -0.689. The van der Waals surface area contributed by atoms with Gasteiger partial charge in [0.25, 0.3) is 0 Å². The van der Waals surface area contributed by atoms with E-state index in [-0.39, 0.29) is 5.91 Å². The Hall–Kier alpha value is -1.28. The van der Waals surface area contributed by atoms with Gasteiger partial charge in [-0.3, -0.25) is 9.36 Å². The lowest BCUT2D eigenvalue weighted by Crippen LogP contribution is -2.46. The van der Waals surface area contributed by atoms with Crippen molar-refractivity contribution in [1.29, 1.82) is 0 Å². The molecule has 0 aliphatic carbocycles. The molecule has 0 spiro atoms. The van der Waals surface area contributed by atoms with Crippen LogP contribution in [0.2, 0.25) is 0 Å². The van der Waals surface area contributed by atoms with Gasteiger partial charge in [-0.15, -0.1) is 10.2 Å². The number of rotatable bonds is 4. The molecule has 2 heterocycles. The normalized spacial score (nSPS) is 15.9. The Morgan fingerprint density at radius 3 is 2.78 bits per heavy atom. The van der Waals surface area contributed by atoms with Gasteiger partial charge in [-0.2, -0.15) is 0 Å². The molecule has 1 aromatic heterocycles. The minimum Gasteiger partial charge on any atom is -0.368 e. The van der Waals surface area contributed by atoms with Crippen molar-refractivity contribution in [1.82, 2.24) is 25.0 Å². The van der Waals surface area contributed by atoms with Crippen molar-refractivity contribution in [3.63, 3.8) is 0 Å². The Balaban J connectivity index is 1.74.